The first-order chi connectivity index (χ1) is 13.2. The highest BCUT2D eigenvalue weighted by Crippen LogP contribution is 2.08. The first-order valence-corrected chi connectivity index (χ1v) is 9.06. The molecule has 0 saturated heterocycles. The van der Waals surface area contributed by atoms with Gasteiger partial charge >= 0.3 is 5.97 Å². The summed E-state index contributed by atoms with van der Waals surface area (Å²) in [6.45, 7) is 2.99. The minimum Gasteiger partial charge on any atom is -0.480 e. The largest absolute Gasteiger partial charge is 0.480 e. The van der Waals surface area contributed by atoms with Crippen molar-refractivity contribution in [2.24, 2.45) is 11.7 Å². The van der Waals surface area contributed by atoms with Crippen molar-refractivity contribution in [2.45, 2.75) is 38.8 Å². The molecule has 0 fully saturated rings. The van der Waals surface area contributed by atoms with Gasteiger partial charge in [0.25, 0.3) is 0 Å². The van der Waals surface area contributed by atoms with Gasteiger partial charge in [-0.15, -0.1) is 0 Å². The molecule has 9 nitrogen and oxygen atoms in total. The number of carbonyl (C=O) groups excluding carboxylic acids is 3. The summed E-state index contributed by atoms with van der Waals surface area (Å²) < 4.78 is 0. The van der Waals surface area contributed by atoms with Crippen molar-refractivity contribution in [3.63, 3.8) is 0 Å². The predicted molar refractivity (Wildman–Crippen MR) is 103 cm³/mol. The number of carbonyl (C=O) groups is 4. The summed E-state index contributed by atoms with van der Waals surface area (Å²) in [5.41, 5.74) is 6.10. The van der Waals surface area contributed by atoms with Gasteiger partial charge in [0.05, 0.1) is 6.54 Å². The van der Waals surface area contributed by atoms with E-state index in [4.69, 9.17) is 10.8 Å². The summed E-state index contributed by atoms with van der Waals surface area (Å²) in [6, 6.07) is 7.18. The van der Waals surface area contributed by atoms with Crippen LogP contribution in [0.4, 0.5) is 0 Å². The normalized spacial score (nSPS) is 12.7. The van der Waals surface area contributed by atoms with Crippen LogP contribution in [0.1, 0.15) is 25.8 Å². The number of hydrogen-bond donors (Lipinski definition) is 5. The van der Waals surface area contributed by atoms with Crippen LogP contribution in [-0.2, 0) is 25.6 Å². The Hall–Kier alpha value is -2.94. The molecule has 1 aromatic rings. The second-order valence-electron chi connectivity index (χ2n) is 6.82. The maximum atomic E-state index is 12.7. The maximum absolute atomic E-state index is 12.7. The Kier molecular flexibility index (Phi) is 9.66. The van der Waals surface area contributed by atoms with Gasteiger partial charge in [0, 0.05) is 6.42 Å². The van der Waals surface area contributed by atoms with E-state index in [-0.39, 0.29) is 18.9 Å². The van der Waals surface area contributed by atoms with E-state index >= 15 is 0 Å². The monoisotopic (exact) mass is 392 g/mol. The van der Waals surface area contributed by atoms with Gasteiger partial charge in [-0.3, -0.25) is 19.2 Å². The van der Waals surface area contributed by atoms with Crippen LogP contribution in [0.5, 0.6) is 0 Å². The average Bonchev–Trinajstić information content (AvgIpc) is 2.65. The number of carboxylic acid groups (broad SMARTS) is 1. The van der Waals surface area contributed by atoms with Gasteiger partial charge < -0.3 is 26.8 Å². The highest BCUT2D eigenvalue weighted by Gasteiger charge is 2.27. The van der Waals surface area contributed by atoms with E-state index in [1.807, 2.05) is 19.9 Å². The van der Waals surface area contributed by atoms with Crippen molar-refractivity contribution in [1.82, 2.24) is 16.0 Å². The zero-order valence-electron chi connectivity index (χ0n) is 16.1. The molecule has 0 spiro atoms. The van der Waals surface area contributed by atoms with Gasteiger partial charge in [0.2, 0.25) is 17.7 Å². The molecule has 154 valence electrons. The van der Waals surface area contributed by atoms with Crippen molar-refractivity contribution >= 4 is 23.7 Å². The number of amides is 3. The van der Waals surface area contributed by atoms with E-state index in [1.54, 1.807) is 24.3 Å². The van der Waals surface area contributed by atoms with Crippen molar-refractivity contribution in [1.29, 1.82) is 0 Å². The van der Waals surface area contributed by atoms with E-state index in [9.17, 15) is 19.2 Å². The zero-order valence-corrected chi connectivity index (χ0v) is 16.1. The predicted octanol–water partition coefficient (Wildman–Crippen LogP) is -0.596. The summed E-state index contributed by atoms with van der Waals surface area (Å²) in [5, 5.41) is 16.2. The van der Waals surface area contributed by atoms with E-state index in [2.05, 4.69) is 16.0 Å². The molecule has 1 rings (SSSR count). The van der Waals surface area contributed by atoms with Crippen LogP contribution >= 0.6 is 0 Å². The van der Waals surface area contributed by atoms with E-state index < -0.39 is 42.3 Å². The van der Waals surface area contributed by atoms with Crippen LogP contribution in [0.3, 0.4) is 0 Å². The maximum Gasteiger partial charge on any atom is 0.322 e. The van der Waals surface area contributed by atoms with Crippen molar-refractivity contribution in [2.75, 3.05) is 13.1 Å². The van der Waals surface area contributed by atoms with Gasteiger partial charge in [-0.1, -0.05) is 44.2 Å². The number of benzene rings is 1. The topological polar surface area (TPSA) is 151 Å². The molecule has 0 aliphatic rings. The van der Waals surface area contributed by atoms with Gasteiger partial charge in [0.1, 0.15) is 18.6 Å². The molecule has 0 aliphatic heterocycles. The molecule has 0 heterocycles. The second kappa shape index (κ2) is 11.7. The molecule has 6 N–H and O–H groups in total. The number of carboxylic acids is 1. The molecular weight excluding hydrogens is 364 g/mol. The third-order valence-corrected chi connectivity index (χ3v) is 3.87. The molecule has 0 aliphatic carbocycles. The molecule has 1 aromatic carbocycles. The number of hydrogen-bond acceptors (Lipinski definition) is 5. The fraction of sp³-hybridized carbons (Fsp3) is 0.474. The molecule has 2 atom stereocenters. The molecule has 0 radical (unpaired) electrons. The SMILES string of the molecule is CC(C)C[C@H](NC(=O)CN)C(=O)N[C@@H](Cc1ccccc1)C(=O)NCC(=O)O. The summed E-state index contributed by atoms with van der Waals surface area (Å²) in [5.74, 6) is -2.70. The lowest BCUT2D eigenvalue weighted by atomic mass is 10.0. The smallest absolute Gasteiger partial charge is 0.322 e. The van der Waals surface area contributed by atoms with Crippen LogP contribution in [0.25, 0.3) is 0 Å². The zero-order chi connectivity index (χ0) is 21.1. The molecule has 0 unspecified atom stereocenters. The Morgan fingerprint density at radius 2 is 1.64 bits per heavy atom. The number of nitrogens with one attached hydrogen (secondary N) is 3. The minimum absolute atomic E-state index is 0.113. The van der Waals surface area contributed by atoms with E-state index in [0.717, 1.165) is 5.56 Å². The highest BCUT2D eigenvalue weighted by atomic mass is 16.4. The minimum atomic E-state index is -1.19. The Bertz CT molecular complexity index is 678. The fourth-order valence-corrected chi connectivity index (χ4v) is 2.57. The first kappa shape index (κ1) is 23.1. The van der Waals surface area contributed by atoms with Crippen molar-refractivity contribution in [3.05, 3.63) is 35.9 Å². The summed E-state index contributed by atoms with van der Waals surface area (Å²) in [7, 11) is 0. The summed E-state index contributed by atoms with van der Waals surface area (Å²) in [4.78, 5) is 47.5. The molecule has 9 heteroatoms. The second-order valence-corrected chi connectivity index (χ2v) is 6.82. The average molecular weight is 392 g/mol. The van der Waals surface area contributed by atoms with Crippen LogP contribution in [0, 0.1) is 5.92 Å². The van der Waals surface area contributed by atoms with Crippen LogP contribution in [0.2, 0.25) is 0 Å². The summed E-state index contributed by atoms with van der Waals surface area (Å²) >= 11 is 0. The number of rotatable bonds is 11. The molecule has 0 bridgehead atoms. The van der Waals surface area contributed by atoms with Gasteiger partial charge in [0.15, 0.2) is 0 Å². The Balaban J connectivity index is 2.93. The van der Waals surface area contributed by atoms with Crippen molar-refractivity contribution in [3.8, 4) is 0 Å². The molecule has 0 saturated carbocycles. The lowest BCUT2D eigenvalue weighted by molar-refractivity contribution is -0.138. The third-order valence-electron chi connectivity index (χ3n) is 3.87. The van der Waals surface area contributed by atoms with Crippen LogP contribution in [-0.4, -0.2) is 54.0 Å². The van der Waals surface area contributed by atoms with E-state index in [1.165, 1.54) is 0 Å². The van der Waals surface area contributed by atoms with Gasteiger partial charge in [-0.05, 0) is 17.9 Å². The molecular formula is C19H28N4O5. The fourth-order valence-electron chi connectivity index (χ4n) is 2.57. The molecule has 0 aromatic heterocycles. The first-order valence-electron chi connectivity index (χ1n) is 9.06. The quantitative estimate of drug-likeness (QED) is 0.339. The van der Waals surface area contributed by atoms with Gasteiger partial charge in [-0.2, -0.15) is 0 Å². The number of nitrogens with two attached hydrogens (primary N) is 1. The molecule has 28 heavy (non-hydrogen) atoms. The lowest BCUT2D eigenvalue weighted by Crippen LogP contribution is -2.55. The van der Waals surface area contributed by atoms with Crippen LogP contribution in [0.15, 0.2) is 30.3 Å². The summed E-state index contributed by atoms with van der Waals surface area (Å²) in [6.07, 6.45) is 0.545. The Labute approximate surface area is 164 Å². The van der Waals surface area contributed by atoms with Crippen LogP contribution < -0.4 is 21.7 Å². The van der Waals surface area contributed by atoms with Crippen molar-refractivity contribution < 1.29 is 24.3 Å². The molecule has 3 amide bonds. The lowest BCUT2D eigenvalue weighted by Gasteiger charge is -2.24. The number of aliphatic carboxylic acids is 1. The third kappa shape index (κ3) is 8.63. The van der Waals surface area contributed by atoms with E-state index in [0.29, 0.717) is 6.42 Å². The Morgan fingerprint density at radius 3 is 2.18 bits per heavy atom. The highest BCUT2D eigenvalue weighted by molar-refractivity contribution is 5.93. The van der Waals surface area contributed by atoms with Gasteiger partial charge in [-0.25, -0.2) is 0 Å². The Morgan fingerprint density at radius 1 is 1.00 bits per heavy atom. The standard InChI is InChI=1S/C19H28N4O5/c1-12(2)8-14(22-16(24)10-20)19(28)23-15(18(27)21-11-17(25)26)9-13-6-4-3-5-7-13/h3-7,12,14-15H,8-11,20H2,1-2H3,(H,21,27)(H,22,24)(H,23,28)(H,25,26)/t14-,15-/m0/s1.